The Balaban J connectivity index is 2.44. The zero-order valence-corrected chi connectivity index (χ0v) is 8.97. The molecule has 0 saturated carbocycles. The zero-order chi connectivity index (χ0) is 9.97. The summed E-state index contributed by atoms with van der Waals surface area (Å²) >= 11 is 1.72. The topological polar surface area (TPSA) is 26.0 Å². The smallest absolute Gasteiger partial charge is 0.0280 e. The quantitative estimate of drug-likeness (QED) is 0.797. The molecule has 0 atom stereocenters. The van der Waals surface area contributed by atoms with Gasteiger partial charge in [-0.25, -0.2) is 0 Å². The summed E-state index contributed by atoms with van der Waals surface area (Å²) in [4.78, 5) is 1.26. The SMILES string of the molecule is Cc1ccc(-c2ccsc2CN)cc1. The van der Waals surface area contributed by atoms with Crippen LogP contribution in [-0.2, 0) is 6.54 Å². The number of hydrogen-bond acceptors (Lipinski definition) is 2. The highest BCUT2D eigenvalue weighted by molar-refractivity contribution is 7.10. The molecule has 0 spiro atoms. The monoisotopic (exact) mass is 203 g/mol. The second-order valence-electron chi connectivity index (χ2n) is 3.33. The van der Waals surface area contributed by atoms with E-state index in [9.17, 15) is 0 Å². The van der Waals surface area contributed by atoms with Gasteiger partial charge in [0.2, 0.25) is 0 Å². The predicted molar refractivity (Wildman–Crippen MR) is 62.4 cm³/mol. The molecule has 0 amide bonds. The lowest BCUT2D eigenvalue weighted by Crippen LogP contribution is -1.94. The highest BCUT2D eigenvalue weighted by atomic mass is 32.1. The first-order valence-corrected chi connectivity index (χ1v) is 5.52. The minimum absolute atomic E-state index is 0.626. The molecule has 2 N–H and O–H groups in total. The molecular weight excluding hydrogens is 190 g/mol. The summed E-state index contributed by atoms with van der Waals surface area (Å²) in [5.74, 6) is 0. The fourth-order valence-electron chi connectivity index (χ4n) is 1.49. The van der Waals surface area contributed by atoms with E-state index in [1.807, 2.05) is 0 Å². The molecule has 0 radical (unpaired) electrons. The van der Waals surface area contributed by atoms with Gasteiger partial charge in [-0.2, -0.15) is 0 Å². The minimum atomic E-state index is 0.626. The minimum Gasteiger partial charge on any atom is -0.326 e. The Morgan fingerprint density at radius 1 is 1.14 bits per heavy atom. The van der Waals surface area contributed by atoms with Crippen LogP contribution >= 0.6 is 11.3 Å². The Kier molecular flexibility index (Phi) is 2.66. The Morgan fingerprint density at radius 2 is 1.86 bits per heavy atom. The number of rotatable bonds is 2. The van der Waals surface area contributed by atoms with E-state index in [0.717, 1.165) is 0 Å². The maximum Gasteiger partial charge on any atom is 0.0280 e. The van der Waals surface area contributed by atoms with Crippen LogP contribution in [0, 0.1) is 6.92 Å². The maximum absolute atomic E-state index is 5.67. The average Bonchev–Trinajstić information content (AvgIpc) is 2.67. The van der Waals surface area contributed by atoms with Crippen molar-refractivity contribution in [3.8, 4) is 11.1 Å². The van der Waals surface area contributed by atoms with Gasteiger partial charge < -0.3 is 5.73 Å². The molecule has 2 heteroatoms. The molecule has 1 aromatic carbocycles. The highest BCUT2D eigenvalue weighted by Gasteiger charge is 2.04. The average molecular weight is 203 g/mol. The molecule has 0 aliphatic rings. The summed E-state index contributed by atoms with van der Waals surface area (Å²) in [6, 6.07) is 10.7. The third kappa shape index (κ3) is 1.72. The molecule has 1 nitrogen and oxygen atoms in total. The first kappa shape index (κ1) is 9.44. The van der Waals surface area contributed by atoms with Gasteiger partial charge >= 0.3 is 0 Å². The van der Waals surface area contributed by atoms with Gasteiger partial charge in [0.15, 0.2) is 0 Å². The summed E-state index contributed by atoms with van der Waals surface area (Å²) in [6.45, 7) is 2.72. The molecule has 0 bridgehead atoms. The Hall–Kier alpha value is -1.12. The number of nitrogens with two attached hydrogens (primary N) is 1. The fourth-order valence-corrected chi connectivity index (χ4v) is 2.27. The van der Waals surface area contributed by atoms with E-state index in [1.165, 1.54) is 21.6 Å². The van der Waals surface area contributed by atoms with Crippen molar-refractivity contribution < 1.29 is 0 Å². The third-order valence-electron chi connectivity index (χ3n) is 2.29. The first-order chi connectivity index (χ1) is 6.81. The van der Waals surface area contributed by atoms with Crippen molar-refractivity contribution >= 4 is 11.3 Å². The summed E-state index contributed by atoms with van der Waals surface area (Å²) in [5.41, 5.74) is 9.50. The largest absolute Gasteiger partial charge is 0.326 e. The van der Waals surface area contributed by atoms with Crippen molar-refractivity contribution in [2.75, 3.05) is 0 Å². The molecule has 0 fully saturated rings. The van der Waals surface area contributed by atoms with Crippen molar-refractivity contribution in [2.45, 2.75) is 13.5 Å². The van der Waals surface area contributed by atoms with Crippen LogP contribution in [0.2, 0.25) is 0 Å². The third-order valence-corrected chi connectivity index (χ3v) is 3.24. The van der Waals surface area contributed by atoms with Crippen molar-refractivity contribution in [3.63, 3.8) is 0 Å². The van der Waals surface area contributed by atoms with Crippen LogP contribution in [-0.4, -0.2) is 0 Å². The van der Waals surface area contributed by atoms with E-state index in [2.05, 4.69) is 42.6 Å². The van der Waals surface area contributed by atoms with Crippen molar-refractivity contribution in [2.24, 2.45) is 5.73 Å². The molecule has 0 aliphatic heterocycles. The second-order valence-corrected chi connectivity index (χ2v) is 4.33. The predicted octanol–water partition coefficient (Wildman–Crippen LogP) is 3.18. The standard InChI is InChI=1S/C12H13NS/c1-9-2-4-10(5-3-9)11-6-7-14-12(11)8-13/h2-7H,8,13H2,1H3. The summed E-state index contributed by atoms with van der Waals surface area (Å²) in [7, 11) is 0. The van der Waals surface area contributed by atoms with Crippen LogP contribution < -0.4 is 5.73 Å². The molecule has 14 heavy (non-hydrogen) atoms. The van der Waals surface area contributed by atoms with Crippen LogP contribution in [0.4, 0.5) is 0 Å². The molecule has 72 valence electrons. The second kappa shape index (κ2) is 3.95. The lowest BCUT2D eigenvalue weighted by Gasteiger charge is -2.02. The van der Waals surface area contributed by atoms with E-state index in [1.54, 1.807) is 11.3 Å². The summed E-state index contributed by atoms with van der Waals surface area (Å²) in [5, 5.41) is 2.09. The van der Waals surface area contributed by atoms with Crippen LogP contribution in [0.3, 0.4) is 0 Å². The fraction of sp³-hybridized carbons (Fsp3) is 0.167. The molecule has 2 aromatic rings. The lowest BCUT2D eigenvalue weighted by atomic mass is 10.1. The maximum atomic E-state index is 5.67. The van der Waals surface area contributed by atoms with Crippen molar-refractivity contribution in [1.29, 1.82) is 0 Å². The number of benzene rings is 1. The molecular formula is C12H13NS. The van der Waals surface area contributed by atoms with E-state index < -0.39 is 0 Å². The molecule has 2 rings (SSSR count). The lowest BCUT2D eigenvalue weighted by molar-refractivity contribution is 1.11. The molecule has 1 aromatic heterocycles. The molecule has 0 unspecified atom stereocenters. The van der Waals surface area contributed by atoms with Gasteiger partial charge in [-0.15, -0.1) is 11.3 Å². The van der Waals surface area contributed by atoms with E-state index in [-0.39, 0.29) is 0 Å². The molecule has 1 heterocycles. The van der Waals surface area contributed by atoms with Gasteiger partial charge in [-0.1, -0.05) is 29.8 Å². The number of thiophene rings is 1. The van der Waals surface area contributed by atoms with E-state index in [4.69, 9.17) is 5.73 Å². The first-order valence-electron chi connectivity index (χ1n) is 4.65. The molecule has 0 aliphatic carbocycles. The van der Waals surface area contributed by atoms with Gasteiger partial charge in [-0.3, -0.25) is 0 Å². The number of aryl methyl sites for hydroxylation is 1. The van der Waals surface area contributed by atoms with Crippen LogP contribution in [0.15, 0.2) is 35.7 Å². The summed E-state index contributed by atoms with van der Waals surface area (Å²) < 4.78 is 0. The molecule has 0 saturated heterocycles. The van der Waals surface area contributed by atoms with Crippen LogP contribution in [0.25, 0.3) is 11.1 Å². The van der Waals surface area contributed by atoms with E-state index in [0.29, 0.717) is 6.54 Å². The normalized spacial score (nSPS) is 10.4. The van der Waals surface area contributed by atoms with Crippen molar-refractivity contribution in [3.05, 3.63) is 46.2 Å². The Bertz CT molecular complexity index is 414. The van der Waals surface area contributed by atoms with Gasteiger partial charge in [0, 0.05) is 11.4 Å². The Morgan fingerprint density at radius 3 is 2.50 bits per heavy atom. The van der Waals surface area contributed by atoms with Gasteiger partial charge in [-0.05, 0) is 29.5 Å². The van der Waals surface area contributed by atoms with Crippen molar-refractivity contribution in [1.82, 2.24) is 0 Å². The highest BCUT2D eigenvalue weighted by Crippen LogP contribution is 2.27. The van der Waals surface area contributed by atoms with E-state index >= 15 is 0 Å². The van der Waals surface area contributed by atoms with Crippen LogP contribution in [0.5, 0.6) is 0 Å². The van der Waals surface area contributed by atoms with Crippen LogP contribution in [0.1, 0.15) is 10.4 Å². The van der Waals surface area contributed by atoms with Gasteiger partial charge in [0.25, 0.3) is 0 Å². The Labute approximate surface area is 88.2 Å². The zero-order valence-electron chi connectivity index (χ0n) is 8.16. The number of hydrogen-bond donors (Lipinski definition) is 1. The van der Waals surface area contributed by atoms with Gasteiger partial charge in [0.1, 0.15) is 0 Å². The van der Waals surface area contributed by atoms with Gasteiger partial charge in [0.05, 0.1) is 0 Å². The summed E-state index contributed by atoms with van der Waals surface area (Å²) in [6.07, 6.45) is 0.